The maximum Gasteiger partial charge on any atom is 0.227 e. The number of nitrogens with zero attached hydrogens (tertiary/aromatic N) is 1. The maximum absolute atomic E-state index is 12.3. The molecule has 4 nitrogen and oxygen atoms in total. The van der Waals surface area contributed by atoms with Crippen LogP contribution in [0, 0.1) is 0 Å². The Morgan fingerprint density at radius 3 is 3.00 bits per heavy atom. The Morgan fingerprint density at radius 2 is 2.30 bits per heavy atom. The van der Waals surface area contributed by atoms with Crippen LogP contribution < -0.4 is 10.5 Å². The highest BCUT2D eigenvalue weighted by Gasteiger charge is 2.21. The zero-order valence-electron chi connectivity index (χ0n) is 12.3. The Labute approximate surface area is 120 Å². The summed E-state index contributed by atoms with van der Waals surface area (Å²) >= 11 is 0. The lowest BCUT2D eigenvalue weighted by Crippen LogP contribution is -2.46. The zero-order valence-corrected chi connectivity index (χ0v) is 12.3. The van der Waals surface area contributed by atoms with Crippen molar-refractivity contribution in [3.8, 4) is 5.75 Å². The maximum atomic E-state index is 12.3. The van der Waals surface area contributed by atoms with Crippen LogP contribution in [0.4, 0.5) is 0 Å². The molecule has 0 bridgehead atoms. The third-order valence-electron chi connectivity index (χ3n) is 3.44. The topological polar surface area (TPSA) is 55.6 Å². The van der Waals surface area contributed by atoms with Crippen LogP contribution in [0.15, 0.2) is 24.3 Å². The van der Waals surface area contributed by atoms with Gasteiger partial charge in [0.2, 0.25) is 5.91 Å². The number of carbonyl (C=O) groups excluding carboxylic acids is 1. The molecule has 0 radical (unpaired) electrons. The highest BCUT2D eigenvalue weighted by molar-refractivity contribution is 5.79. The fourth-order valence-electron chi connectivity index (χ4n) is 2.52. The van der Waals surface area contributed by atoms with Crippen LogP contribution in [0.1, 0.15) is 32.3 Å². The first-order valence-corrected chi connectivity index (χ1v) is 7.33. The smallest absolute Gasteiger partial charge is 0.227 e. The molecule has 1 amide bonds. The summed E-state index contributed by atoms with van der Waals surface area (Å²) in [6, 6.07) is 7.90. The van der Waals surface area contributed by atoms with Gasteiger partial charge in [0.05, 0.1) is 12.5 Å². The summed E-state index contributed by atoms with van der Waals surface area (Å²) < 4.78 is 5.65. The van der Waals surface area contributed by atoms with Crippen molar-refractivity contribution >= 4 is 5.91 Å². The van der Waals surface area contributed by atoms with E-state index in [1.54, 1.807) is 0 Å². The van der Waals surface area contributed by atoms with Crippen LogP contribution >= 0.6 is 0 Å². The minimum absolute atomic E-state index is 0.128. The predicted molar refractivity (Wildman–Crippen MR) is 79.7 cm³/mol. The van der Waals surface area contributed by atoms with E-state index in [-0.39, 0.29) is 18.1 Å². The van der Waals surface area contributed by atoms with E-state index in [4.69, 9.17) is 10.5 Å². The summed E-state index contributed by atoms with van der Waals surface area (Å²) in [5.74, 6) is 0.975. The largest absolute Gasteiger partial charge is 0.491 e. The van der Waals surface area contributed by atoms with Crippen LogP contribution in [0.25, 0.3) is 0 Å². The Kier molecular flexibility index (Phi) is 5.01. The van der Waals surface area contributed by atoms with Gasteiger partial charge in [-0.25, -0.2) is 0 Å². The molecule has 1 aliphatic rings. The molecule has 0 aliphatic carbocycles. The van der Waals surface area contributed by atoms with Crippen molar-refractivity contribution in [2.45, 2.75) is 45.3 Å². The monoisotopic (exact) mass is 276 g/mol. The van der Waals surface area contributed by atoms with Gasteiger partial charge in [0.15, 0.2) is 0 Å². The van der Waals surface area contributed by atoms with E-state index in [2.05, 4.69) is 0 Å². The molecule has 0 spiro atoms. The number of likely N-dealkylation sites (tertiary alicyclic amines) is 1. The molecule has 1 fully saturated rings. The molecule has 0 aromatic heterocycles. The van der Waals surface area contributed by atoms with Gasteiger partial charge in [-0.05, 0) is 44.4 Å². The number of ether oxygens (including phenoxy) is 1. The summed E-state index contributed by atoms with van der Waals surface area (Å²) in [5, 5.41) is 0. The van der Waals surface area contributed by atoms with Crippen molar-refractivity contribution in [3.05, 3.63) is 29.8 Å². The third kappa shape index (κ3) is 4.23. The Morgan fingerprint density at radius 1 is 1.50 bits per heavy atom. The summed E-state index contributed by atoms with van der Waals surface area (Å²) in [6.45, 7) is 5.50. The van der Waals surface area contributed by atoms with E-state index in [0.717, 1.165) is 30.7 Å². The Hall–Kier alpha value is -1.55. The average molecular weight is 276 g/mol. The van der Waals surface area contributed by atoms with Gasteiger partial charge in [-0.3, -0.25) is 4.79 Å². The number of amides is 1. The summed E-state index contributed by atoms with van der Waals surface area (Å²) in [4.78, 5) is 14.2. The quantitative estimate of drug-likeness (QED) is 0.914. The fourth-order valence-corrected chi connectivity index (χ4v) is 2.52. The lowest BCUT2D eigenvalue weighted by atomic mass is 10.0. The number of benzene rings is 1. The van der Waals surface area contributed by atoms with E-state index in [0.29, 0.717) is 13.0 Å². The molecule has 2 N–H and O–H groups in total. The highest BCUT2D eigenvalue weighted by atomic mass is 16.5. The van der Waals surface area contributed by atoms with Crippen LogP contribution in [-0.4, -0.2) is 36.0 Å². The second-order valence-corrected chi connectivity index (χ2v) is 5.73. The number of nitrogens with two attached hydrogens (primary N) is 1. The van der Waals surface area contributed by atoms with E-state index in [1.807, 2.05) is 43.0 Å². The summed E-state index contributed by atoms with van der Waals surface area (Å²) in [5.41, 5.74) is 6.91. The molecule has 1 aromatic rings. The van der Waals surface area contributed by atoms with Gasteiger partial charge < -0.3 is 15.4 Å². The number of carbonyl (C=O) groups is 1. The van der Waals surface area contributed by atoms with Crippen molar-refractivity contribution in [2.24, 2.45) is 5.73 Å². The number of piperidine rings is 1. The van der Waals surface area contributed by atoms with Gasteiger partial charge in [0.25, 0.3) is 0 Å². The number of rotatable bonds is 4. The molecule has 2 rings (SSSR count). The minimum atomic E-state index is 0.128. The van der Waals surface area contributed by atoms with Gasteiger partial charge in [0, 0.05) is 19.1 Å². The van der Waals surface area contributed by atoms with Crippen molar-refractivity contribution in [3.63, 3.8) is 0 Å². The van der Waals surface area contributed by atoms with Crippen molar-refractivity contribution < 1.29 is 9.53 Å². The standard InChI is InChI=1S/C16H24N2O2/c1-12(2)20-15-7-3-5-13(9-15)10-16(19)18-8-4-6-14(17)11-18/h3,5,7,9,12,14H,4,6,8,10-11,17H2,1-2H3. The van der Waals surface area contributed by atoms with Crippen LogP contribution in [0.3, 0.4) is 0 Å². The van der Waals surface area contributed by atoms with Crippen LogP contribution in [0.5, 0.6) is 5.75 Å². The molecule has 0 saturated carbocycles. The average Bonchev–Trinajstić information content (AvgIpc) is 2.38. The molecule has 1 saturated heterocycles. The third-order valence-corrected chi connectivity index (χ3v) is 3.44. The lowest BCUT2D eigenvalue weighted by molar-refractivity contribution is -0.131. The minimum Gasteiger partial charge on any atom is -0.491 e. The van der Waals surface area contributed by atoms with Crippen molar-refractivity contribution in [1.29, 1.82) is 0 Å². The highest BCUT2D eigenvalue weighted by Crippen LogP contribution is 2.17. The number of hydrogen-bond donors (Lipinski definition) is 1. The normalized spacial score (nSPS) is 19.2. The van der Waals surface area contributed by atoms with E-state index in [9.17, 15) is 4.79 Å². The summed E-state index contributed by atoms with van der Waals surface area (Å²) in [6.07, 6.45) is 2.58. The van der Waals surface area contributed by atoms with Crippen LogP contribution in [-0.2, 0) is 11.2 Å². The second-order valence-electron chi connectivity index (χ2n) is 5.73. The molecule has 20 heavy (non-hydrogen) atoms. The first-order chi connectivity index (χ1) is 9.54. The Bertz CT molecular complexity index is 460. The molecule has 4 heteroatoms. The van der Waals surface area contributed by atoms with Gasteiger partial charge >= 0.3 is 0 Å². The molecule has 1 atom stereocenters. The van der Waals surface area contributed by atoms with E-state index < -0.39 is 0 Å². The molecule has 1 aliphatic heterocycles. The first-order valence-electron chi connectivity index (χ1n) is 7.33. The zero-order chi connectivity index (χ0) is 14.5. The van der Waals surface area contributed by atoms with Crippen LogP contribution in [0.2, 0.25) is 0 Å². The van der Waals surface area contributed by atoms with Gasteiger partial charge in [0.1, 0.15) is 5.75 Å². The van der Waals surface area contributed by atoms with E-state index >= 15 is 0 Å². The van der Waals surface area contributed by atoms with Gasteiger partial charge in [-0.2, -0.15) is 0 Å². The molecule has 1 aromatic carbocycles. The SMILES string of the molecule is CC(C)Oc1cccc(CC(=O)N2CCCC(N)C2)c1. The lowest BCUT2D eigenvalue weighted by Gasteiger charge is -2.30. The van der Waals surface area contributed by atoms with E-state index in [1.165, 1.54) is 0 Å². The predicted octanol–water partition coefficient (Wildman–Crippen LogP) is 1.97. The number of hydrogen-bond acceptors (Lipinski definition) is 3. The molecule has 110 valence electrons. The van der Waals surface area contributed by atoms with Crippen molar-refractivity contribution in [2.75, 3.05) is 13.1 Å². The first kappa shape index (κ1) is 14.9. The molecular formula is C16H24N2O2. The Balaban J connectivity index is 1.96. The molecule has 1 heterocycles. The summed E-state index contributed by atoms with van der Waals surface area (Å²) in [7, 11) is 0. The van der Waals surface area contributed by atoms with Crippen molar-refractivity contribution in [1.82, 2.24) is 4.90 Å². The van der Waals surface area contributed by atoms with Gasteiger partial charge in [-0.15, -0.1) is 0 Å². The van der Waals surface area contributed by atoms with Gasteiger partial charge in [-0.1, -0.05) is 12.1 Å². The molecular weight excluding hydrogens is 252 g/mol. The second kappa shape index (κ2) is 6.75. The molecule has 1 unspecified atom stereocenters. The fraction of sp³-hybridized carbons (Fsp3) is 0.562.